The predicted octanol–water partition coefficient (Wildman–Crippen LogP) is 6.76. The standard InChI is InChI=1S/C29H30N2O2/c1-3-16-33-27-11-7-4-8-22(27)29-28-25(30-23-9-5-6-10-24(23)31-29)17-21(18-26(28)32)20-14-12-19(2)13-15-20/h4-15,21,29-31H,3,16-18H2,1-2H3. The topological polar surface area (TPSA) is 50.4 Å². The highest BCUT2D eigenvalue weighted by atomic mass is 16.5. The lowest BCUT2D eigenvalue weighted by Gasteiger charge is -2.30. The molecule has 0 fully saturated rings. The van der Waals surface area contributed by atoms with Crippen molar-refractivity contribution in [2.75, 3.05) is 17.2 Å². The van der Waals surface area contributed by atoms with E-state index in [0.29, 0.717) is 13.0 Å². The zero-order valence-corrected chi connectivity index (χ0v) is 19.2. The van der Waals surface area contributed by atoms with Crippen molar-refractivity contribution in [3.63, 3.8) is 0 Å². The van der Waals surface area contributed by atoms with Gasteiger partial charge < -0.3 is 15.4 Å². The minimum atomic E-state index is -0.268. The molecular weight excluding hydrogens is 408 g/mol. The first-order valence-corrected chi connectivity index (χ1v) is 11.8. The number of ketones is 1. The first-order valence-electron chi connectivity index (χ1n) is 11.8. The van der Waals surface area contributed by atoms with Gasteiger partial charge in [-0.2, -0.15) is 0 Å². The van der Waals surface area contributed by atoms with Gasteiger partial charge in [0, 0.05) is 23.3 Å². The molecule has 0 amide bonds. The highest BCUT2D eigenvalue weighted by Crippen LogP contribution is 2.45. The highest BCUT2D eigenvalue weighted by molar-refractivity contribution is 6.01. The normalized spacial score (nSPS) is 19.6. The molecule has 3 aromatic carbocycles. The predicted molar refractivity (Wildman–Crippen MR) is 134 cm³/mol. The summed E-state index contributed by atoms with van der Waals surface area (Å²) >= 11 is 0. The number of para-hydroxylation sites is 3. The number of ether oxygens (including phenoxy) is 1. The van der Waals surface area contributed by atoms with Crippen molar-refractivity contribution in [2.24, 2.45) is 0 Å². The number of rotatable bonds is 5. The van der Waals surface area contributed by atoms with Crippen LogP contribution in [-0.4, -0.2) is 12.4 Å². The van der Waals surface area contributed by atoms with Crippen LogP contribution in [0.15, 0.2) is 84.1 Å². The second-order valence-electron chi connectivity index (χ2n) is 8.97. The van der Waals surface area contributed by atoms with Gasteiger partial charge in [0.1, 0.15) is 5.75 Å². The number of benzene rings is 3. The molecule has 0 radical (unpaired) electrons. The van der Waals surface area contributed by atoms with Crippen LogP contribution in [-0.2, 0) is 4.79 Å². The quantitative estimate of drug-likeness (QED) is 0.462. The van der Waals surface area contributed by atoms with E-state index in [9.17, 15) is 4.79 Å². The van der Waals surface area contributed by atoms with Crippen LogP contribution >= 0.6 is 0 Å². The molecular formula is C29H30N2O2. The number of carbonyl (C=O) groups is 1. The molecule has 4 nitrogen and oxygen atoms in total. The summed E-state index contributed by atoms with van der Waals surface area (Å²) in [6.45, 7) is 4.84. The molecule has 33 heavy (non-hydrogen) atoms. The van der Waals surface area contributed by atoms with Crippen molar-refractivity contribution >= 4 is 17.2 Å². The van der Waals surface area contributed by atoms with Gasteiger partial charge in [-0.15, -0.1) is 0 Å². The summed E-state index contributed by atoms with van der Waals surface area (Å²) in [6.07, 6.45) is 2.24. The third-order valence-electron chi connectivity index (χ3n) is 6.55. The van der Waals surface area contributed by atoms with Crippen LogP contribution in [0.3, 0.4) is 0 Å². The lowest BCUT2D eigenvalue weighted by molar-refractivity contribution is -0.116. The summed E-state index contributed by atoms with van der Waals surface area (Å²) < 4.78 is 6.09. The smallest absolute Gasteiger partial charge is 0.163 e. The van der Waals surface area contributed by atoms with Crippen LogP contribution in [0.1, 0.15) is 54.8 Å². The van der Waals surface area contributed by atoms with Crippen molar-refractivity contribution in [2.45, 2.75) is 45.1 Å². The fourth-order valence-corrected chi connectivity index (χ4v) is 4.86. The molecule has 5 rings (SSSR count). The van der Waals surface area contributed by atoms with Gasteiger partial charge in [0.25, 0.3) is 0 Å². The van der Waals surface area contributed by atoms with E-state index in [1.54, 1.807) is 0 Å². The Bertz CT molecular complexity index is 1200. The second-order valence-corrected chi connectivity index (χ2v) is 8.97. The van der Waals surface area contributed by atoms with E-state index in [0.717, 1.165) is 46.8 Å². The monoisotopic (exact) mass is 438 g/mol. The number of nitrogens with one attached hydrogen (secondary N) is 2. The van der Waals surface area contributed by atoms with E-state index in [1.807, 2.05) is 30.3 Å². The average molecular weight is 439 g/mol. The van der Waals surface area contributed by atoms with Gasteiger partial charge in [-0.1, -0.05) is 67.1 Å². The van der Waals surface area contributed by atoms with Crippen LogP contribution in [0.5, 0.6) is 5.75 Å². The Morgan fingerprint density at radius 1 is 0.909 bits per heavy atom. The average Bonchev–Trinajstić information content (AvgIpc) is 3.00. The Morgan fingerprint density at radius 3 is 2.42 bits per heavy atom. The number of anilines is 2. The summed E-state index contributed by atoms with van der Waals surface area (Å²) in [5, 5.41) is 7.28. The molecule has 2 aliphatic rings. The molecule has 2 atom stereocenters. The molecule has 0 aromatic heterocycles. The van der Waals surface area contributed by atoms with Crippen molar-refractivity contribution in [1.82, 2.24) is 0 Å². The molecule has 0 saturated carbocycles. The third kappa shape index (κ3) is 4.25. The molecule has 0 bridgehead atoms. The van der Waals surface area contributed by atoms with E-state index in [4.69, 9.17) is 4.74 Å². The zero-order valence-electron chi connectivity index (χ0n) is 19.2. The van der Waals surface area contributed by atoms with Crippen LogP contribution in [0.4, 0.5) is 11.4 Å². The summed E-state index contributed by atoms with van der Waals surface area (Å²) in [5.41, 5.74) is 7.26. The Labute approximate surface area is 195 Å². The summed E-state index contributed by atoms with van der Waals surface area (Å²) in [4.78, 5) is 13.7. The minimum Gasteiger partial charge on any atom is -0.493 e. The summed E-state index contributed by atoms with van der Waals surface area (Å²) in [6, 6.07) is 24.6. The van der Waals surface area contributed by atoms with Gasteiger partial charge in [-0.3, -0.25) is 4.79 Å². The number of hydrogen-bond acceptors (Lipinski definition) is 4. The van der Waals surface area contributed by atoms with Crippen LogP contribution in [0, 0.1) is 6.92 Å². The van der Waals surface area contributed by atoms with Gasteiger partial charge in [0.2, 0.25) is 0 Å². The molecule has 2 N–H and O–H groups in total. The van der Waals surface area contributed by atoms with E-state index in [2.05, 4.69) is 66.9 Å². The molecule has 4 heteroatoms. The molecule has 0 spiro atoms. The molecule has 0 saturated heterocycles. The highest BCUT2D eigenvalue weighted by Gasteiger charge is 2.37. The second kappa shape index (κ2) is 9.14. The molecule has 1 heterocycles. The number of Topliss-reactive ketones (excluding diaryl/α,β-unsaturated/α-hetero) is 1. The van der Waals surface area contributed by atoms with Crippen LogP contribution in [0.25, 0.3) is 0 Å². The molecule has 168 valence electrons. The van der Waals surface area contributed by atoms with Crippen molar-refractivity contribution in [3.8, 4) is 5.75 Å². The number of hydrogen-bond donors (Lipinski definition) is 2. The lowest BCUT2D eigenvalue weighted by atomic mass is 9.78. The molecule has 1 aliphatic carbocycles. The molecule has 3 aromatic rings. The maximum atomic E-state index is 13.7. The molecule has 2 unspecified atom stereocenters. The van der Waals surface area contributed by atoms with E-state index in [1.165, 1.54) is 11.1 Å². The lowest BCUT2D eigenvalue weighted by Crippen LogP contribution is -2.27. The third-order valence-corrected chi connectivity index (χ3v) is 6.55. The van der Waals surface area contributed by atoms with Gasteiger partial charge in [0.15, 0.2) is 5.78 Å². The van der Waals surface area contributed by atoms with Gasteiger partial charge in [-0.05, 0) is 49.4 Å². The SMILES string of the molecule is CCCOc1ccccc1C1Nc2ccccc2NC2=C1C(=O)CC(c1ccc(C)cc1)C2. The number of aryl methyl sites for hydroxylation is 1. The van der Waals surface area contributed by atoms with Crippen LogP contribution < -0.4 is 15.4 Å². The van der Waals surface area contributed by atoms with Gasteiger partial charge in [0.05, 0.1) is 24.0 Å². The Kier molecular flexibility index (Phi) is 5.91. The summed E-state index contributed by atoms with van der Waals surface area (Å²) in [5.74, 6) is 1.18. The zero-order chi connectivity index (χ0) is 22.8. The van der Waals surface area contributed by atoms with Crippen molar-refractivity contribution in [1.29, 1.82) is 0 Å². The first-order chi connectivity index (χ1) is 16.1. The largest absolute Gasteiger partial charge is 0.493 e. The maximum Gasteiger partial charge on any atom is 0.163 e. The number of carbonyl (C=O) groups excluding carboxylic acids is 1. The fraction of sp³-hybridized carbons (Fsp3) is 0.276. The van der Waals surface area contributed by atoms with Crippen molar-refractivity contribution < 1.29 is 9.53 Å². The van der Waals surface area contributed by atoms with Crippen LogP contribution in [0.2, 0.25) is 0 Å². The van der Waals surface area contributed by atoms with Gasteiger partial charge in [-0.25, -0.2) is 0 Å². The molecule has 1 aliphatic heterocycles. The first kappa shape index (κ1) is 21.3. The van der Waals surface area contributed by atoms with E-state index >= 15 is 0 Å². The Morgan fingerprint density at radius 2 is 1.64 bits per heavy atom. The Hall–Kier alpha value is -3.53. The minimum absolute atomic E-state index is 0.168. The number of allylic oxidation sites excluding steroid dienone is 1. The van der Waals surface area contributed by atoms with Gasteiger partial charge >= 0.3 is 0 Å². The van der Waals surface area contributed by atoms with E-state index < -0.39 is 0 Å². The maximum absolute atomic E-state index is 13.7. The summed E-state index contributed by atoms with van der Waals surface area (Å²) in [7, 11) is 0. The van der Waals surface area contributed by atoms with E-state index in [-0.39, 0.29) is 17.7 Å². The number of fused-ring (bicyclic) bond motifs is 1. The Balaban J connectivity index is 1.60. The fourth-order valence-electron chi connectivity index (χ4n) is 4.86. The van der Waals surface area contributed by atoms with Crippen molar-refractivity contribution in [3.05, 3.63) is 101 Å².